The molecule has 2 N–H and O–H groups in total. The number of carbonyl (C=O) groups excluding carboxylic acids is 1. The monoisotopic (exact) mass is 248 g/mol. The molecule has 0 atom stereocenters. The van der Waals surface area contributed by atoms with Gasteiger partial charge in [0.05, 0.1) is 6.54 Å². The molecule has 0 aliphatic rings. The van der Waals surface area contributed by atoms with Gasteiger partial charge in [-0.3, -0.25) is 4.79 Å². The summed E-state index contributed by atoms with van der Waals surface area (Å²) in [5.74, 6) is 0.0637. The molecule has 0 fully saturated rings. The minimum atomic E-state index is 0.0637. The molecule has 100 valence electrons. The van der Waals surface area contributed by atoms with Gasteiger partial charge in [-0.25, -0.2) is 0 Å². The Kier molecular flexibility index (Phi) is 6.26. The van der Waals surface area contributed by atoms with Gasteiger partial charge in [-0.05, 0) is 31.4 Å². The van der Waals surface area contributed by atoms with Gasteiger partial charge in [0.1, 0.15) is 0 Å². The predicted octanol–water partition coefficient (Wildman–Crippen LogP) is 3.02. The number of unbranched alkanes of at least 4 members (excludes halogenated alkanes) is 2. The van der Waals surface area contributed by atoms with E-state index < -0.39 is 0 Å². The number of nitrogens with one attached hydrogen (secondary N) is 2. The highest BCUT2D eigenvalue weighted by Gasteiger charge is 2.04. The molecule has 0 saturated heterocycles. The van der Waals surface area contributed by atoms with Crippen LogP contribution in [-0.4, -0.2) is 19.0 Å². The Hall–Kier alpha value is -1.51. The summed E-state index contributed by atoms with van der Waals surface area (Å²) in [6.45, 7) is 7.38. The summed E-state index contributed by atoms with van der Waals surface area (Å²) in [6.07, 6.45) is 3.41. The number of benzene rings is 1. The number of rotatable bonds is 7. The molecule has 0 aromatic heterocycles. The average Bonchev–Trinajstić information content (AvgIpc) is 2.34. The van der Waals surface area contributed by atoms with Crippen LogP contribution < -0.4 is 10.6 Å². The van der Waals surface area contributed by atoms with Gasteiger partial charge in [0.25, 0.3) is 0 Å². The molecule has 3 heteroatoms. The summed E-state index contributed by atoms with van der Waals surface area (Å²) >= 11 is 0. The molecule has 1 aromatic carbocycles. The quantitative estimate of drug-likeness (QED) is 0.728. The summed E-state index contributed by atoms with van der Waals surface area (Å²) in [5.41, 5.74) is 3.42. The van der Waals surface area contributed by atoms with Crippen molar-refractivity contribution in [2.45, 2.75) is 40.0 Å². The topological polar surface area (TPSA) is 41.1 Å². The second kappa shape index (κ2) is 7.75. The molecule has 0 saturated carbocycles. The normalized spacial score (nSPS) is 10.2. The molecular formula is C15H24N2O. The van der Waals surface area contributed by atoms with Gasteiger partial charge in [-0.15, -0.1) is 0 Å². The molecule has 1 aromatic rings. The van der Waals surface area contributed by atoms with Gasteiger partial charge in [-0.2, -0.15) is 0 Å². The lowest BCUT2D eigenvalue weighted by Gasteiger charge is -2.12. The van der Waals surface area contributed by atoms with Crippen molar-refractivity contribution < 1.29 is 4.79 Å². The summed E-state index contributed by atoms with van der Waals surface area (Å²) in [7, 11) is 0. The molecule has 1 amide bonds. The van der Waals surface area contributed by atoms with Crippen LogP contribution in [0.4, 0.5) is 5.69 Å². The fourth-order valence-electron chi connectivity index (χ4n) is 1.93. The van der Waals surface area contributed by atoms with Crippen molar-refractivity contribution in [3.63, 3.8) is 0 Å². The first-order chi connectivity index (χ1) is 8.65. The van der Waals surface area contributed by atoms with Gasteiger partial charge >= 0.3 is 0 Å². The van der Waals surface area contributed by atoms with E-state index in [2.05, 4.69) is 43.5 Å². The molecule has 1 rings (SSSR count). The number of aryl methyl sites for hydroxylation is 2. The smallest absolute Gasteiger partial charge is 0.239 e. The maximum atomic E-state index is 11.6. The van der Waals surface area contributed by atoms with Crippen LogP contribution in [-0.2, 0) is 4.79 Å². The third-order valence-corrected chi connectivity index (χ3v) is 3.01. The van der Waals surface area contributed by atoms with Gasteiger partial charge in [0.15, 0.2) is 0 Å². The van der Waals surface area contributed by atoms with E-state index in [1.54, 1.807) is 0 Å². The van der Waals surface area contributed by atoms with Gasteiger partial charge in [0.2, 0.25) is 5.91 Å². The minimum Gasteiger partial charge on any atom is -0.376 e. The number of anilines is 1. The third-order valence-electron chi connectivity index (χ3n) is 3.01. The molecule has 0 spiro atoms. The van der Waals surface area contributed by atoms with Crippen LogP contribution in [0.1, 0.15) is 37.3 Å². The zero-order chi connectivity index (χ0) is 13.4. The van der Waals surface area contributed by atoms with E-state index >= 15 is 0 Å². The highest BCUT2D eigenvalue weighted by molar-refractivity contribution is 5.81. The number of para-hydroxylation sites is 1. The first kappa shape index (κ1) is 14.6. The zero-order valence-electron chi connectivity index (χ0n) is 11.7. The van der Waals surface area contributed by atoms with Crippen molar-refractivity contribution >= 4 is 11.6 Å². The van der Waals surface area contributed by atoms with E-state index in [0.717, 1.165) is 18.7 Å². The Labute approximate surface area is 110 Å². The van der Waals surface area contributed by atoms with Crippen molar-refractivity contribution in [3.8, 4) is 0 Å². The molecule has 3 nitrogen and oxygen atoms in total. The molecule has 18 heavy (non-hydrogen) atoms. The highest BCUT2D eigenvalue weighted by atomic mass is 16.1. The second-order valence-corrected chi connectivity index (χ2v) is 4.68. The minimum absolute atomic E-state index is 0.0637. The van der Waals surface area contributed by atoms with Crippen LogP contribution in [0.2, 0.25) is 0 Å². The highest BCUT2D eigenvalue weighted by Crippen LogP contribution is 2.18. The van der Waals surface area contributed by atoms with Crippen molar-refractivity contribution in [1.82, 2.24) is 5.32 Å². The van der Waals surface area contributed by atoms with Crippen LogP contribution >= 0.6 is 0 Å². The van der Waals surface area contributed by atoms with Gasteiger partial charge in [0, 0.05) is 12.2 Å². The lowest BCUT2D eigenvalue weighted by molar-refractivity contribution is -0.119. The Morgan fingerprint density at radius 1 is 1.17 bits per heavy atom. The first-order valence-electron chi connectivity index (χ1n) is 6.72. The van der Waals surface area contributed by atoms with Crippen LogP contribution in [0.15, 0.2) is 18.2 Å². The van der Waals surface area contributed by atoms with E-state index in [0.29, 0.717) is 6.54 Å². The van der Waals surface area contributed by atoms with Crippen LogP contribution in [0.25, 0.3) is 0 Å². The summed E-state index contributed by atoms with van der Waals surface area (Å²) < 4.78 is 0. The Morgan fingerprint density at radius 2 is 1.83 bits per heavy atom. The largest absolute Gasteiger partial charge is 0.376 e. The van der Waals surface area contributed by atoms with E-state index in [1.807, 2.05) is 6.07 Å². The van der Waals surface area contributed by atoms with E-state index in [4.69, 9.17) is 0 Å². The van der Waals surface area contributed by atoms with E-state index in [-0.39, 0.29) is 5.91 Å². The lowest BCUT2D eigenvalue weighted by Crippen LogP contribution is -2.30. The molecule has 0 aliphatic carbocycles. The Bertz CT molecular complexity index is 368. The Morgan fingerprint density at radius 3 is 2.44 bits per heavy atom. The third kappa shape index (κ3) is 4.78. The lowest BCUT2D eigenvalue weighted by atomic mass is 10.1. The van der Waals surface area contributed by atoms with Crippen LogP contribution in [0.5, 0.6) is 0 Å². The summed E-state index contributed by atoms with van der Waals surface area (Å²) in [6, 6.07) is 6.13. The van der Waals surface area contributed by atoms with Crippen LogP contribution in [0, 0.1) is 13.8 Å². The SMILES string of the molecule is CCCCCNC(=O)CNc1c(C)cccc1C. The molecular weight excluding hydrogens is 224 g/mol. The molecule has 0 unspecified atom stereocenters. The number of hydrogen-bond donors (Lipinski definition) is 2. The fourth-order valence-corrected chi connectivity index (χ4v) is 1.93. The average molecular weight is 248 g/mol. The van der Waals surface area contributed by atoms with E-state index in [1.165, 1.54) is 24.0 Å². The summed E-state index contributed by atoms with van der Waals surface area (Å²) in [4.78, 5) is 11.6. The standard InChI is InChI=1S/C15H24N2O/c1-4-5-6-10-16-14(18)11-17-15-12(2)8-7-9-13(15)3/h7-9,17H,4-6,10-11H2,1-3H3,(H,16,18). The summed E-state index contributed by atoms with van der Waals surface area (Å²) in [5, 5.41) is 6.14. The Balaban J connectivity index is 2.34. The molecule has 0 aliphatic heterocycles. The van der Waals surface area contributed by atoms with E-state index in [9.17, 15) is 4.79 Å². The second-order valence-electron chi connectivity index (χ2n) is 4.68. The fraction of sp³-hybridized carbons (Fsp3) is 0.533. The maximum Gasteiger partial charge on any atom is 0.239 e. The number of amides is 1. The van der Waals surface area contributed by atoms with Crippen molar-refractivity contribution in [2.75, 3.05) is 18.4 Å². The number of hydrogen-bond acceptors (Lipinski definition) is 2. The van der Waals surface area contributed by atoms with Crippen LogP contribution in [0.3, 0.4) is 0 Å². The van der Waals surface area contributed by atoms with Gasteiger partial charge in [-0.1, -0.05) is 38.0 Å². The van der Waals surface area contributed by atoms with Crippen molar-refractivity contribution in [2.24, 2.45) is 0 Å². The molecule has 0 heterocycles. The maximum absolute atomic E-state index is 11.6. The van der Waals surface area contributed by atoms with Crippen molar-refractivity contribution in [1.29, 1.82) is 0 Å². The van der Waals surface area contributed by atoms with Crippen molar-refractivity contribution in [3.05, 3.63) is 29.3 Å². The molecule has 0 radical (unpaired) electrons. The zero-order valence-corrected chi connectivity index (χ0v) is 11.7. The number of carbonyl (C=O) groups is 1. The molecule has 0 bridgehead atoms. The van der Waals surface area contributed by atoms with Gasteiger partial charge < -0.3 is 10.6 Å². The first-order valence-corrected chi connectivity index (χ1v) is 6.72. The predicted molar refractivity (Wildman–Crippen MR) is 76.9 cm³/mol.